The van der Waals surface area contributed by atoms with Gasteiger partial charge in [-0.3, -0.25) is 10.1 Å². The van der Waals surface area contributed by atoms with E-state index in [1.807, 2.05) is 0 Å². The van der Waals surface area contributed by atoms with Crippen LogP contribution in [0.4, 0.5) is 5.69 Å². The van der Waals surface area contributed by atoms with Crippen molar-refractivity contribution in [1.29, 1.82) is 0 Å². The van der Waals surface area contributed by atoms with E-state index in [0.29, 0.717) is 17.2 Å². The molecule has 1 N–H and O–H groups in total. The Morgan fingerprint density at radius 1 is 1.11 bits per heavy atom. The van der Waals surface area contributed by atoms with Gasteiger partial charge in [0.2, 0.25) is 0 Å². The molecule has 0 fully saturated rings. The fourth-order valence-corrected chi connectivity index (χ4v) is 1.51. The van der Waals surface area contributed by atoms with Gasteiger partial charge in [0.25, 0.3) is 5.69 Å². The molecule has 0 saturated heterocycles. The smallest absolute Gasteiger partial charge is 0.269 e. The summed E-state index contributed by atoms with van der Waals surface area (Å²) in [6, 6.07) is 10.3. The number of aromatic hydroxyl groups is 1. The molecule has 2 aromatic rings. The Bertz CT molecular complexity index is 594. The Morgan fingerprint density at radius 2 is 1.74 bits per heavy atom. The predicted molar refractivity (Wildman–Crippen MR) is 67.8 cm³/mol. The van der Waals surface area contributed by atoms with Crippen molar-refractivity contribution in [1.82, 2.24) is 0 Å². The third-order valence-corrected chi connectivity index (χ3v) is 2.43. The molecule has 0 bridgehead atoms. The number of non-ortho nitro benzene ring substituents is 1. The molecule has 19 heavy (non-hydrogen) atoms. The second-order valence-corrected chi connectivity index (χ2v) is 3.69. The van der Waals surface area contributed by atoms with Gasteiger partial charge >= 0.3 is 0 Å². The van der Waals surface area contributed by atoms with Gasteiger partial charge in [0, 0.05) is 18.2 Å². The Balaban J connectivity index is 2.16. The molecule has 0 unspecified atom stereocenters. The highest BCUT2D eigenvalue weighted by atomic mass is 16.6. The standard InChI is InChI=1S/C13H11NO5/c1-18-13-7-6-11(8-12(13)15)19-10-4-2-9(3-5-10)14(16)17/h2-8,15H,1H3. The van der Waals surface area contributed by atoms with E-state index in [4.69, 9.17) is 9.47 Å². The van der Waals surface area contributed by atoms with E-state index in [1.54, 1.807) is 12.1 Å². The second kappa shape index (κ2) is 5.26. The average Bonchev–Trinajstić information content (AvgIpc) is 2.39. The molecule has 6 nitrogen and oxygen atoms in total. The first-order valence-corrected chi connectivity index (χ1v) is 5.39. The number of rotatable bonds is 4. The van der Waals surface area contributed by atoms with Crippen molar-refractivity contribution in [3.05, 3.63) is 52.6 Å². The highest BCUT2D eigenvalue weighted by molar-refractivity contribution is 5.46. The number of nitrogens with zero attached hydrogens (tertiary/aromatic N) is 1. The highest BCUT2D eigenvalue weighted by Gasteiger charge is 2.07. The first-order chi connectivity index (χ1) is 9.10. The molecule has 0 saturated carbocycles. The van der Waals surface area contributed by atoms with Gasteiger partial charge in [-0.05, 0) is 24.3 Å². The van der Waals surface area contributed by atoms with Gasteiger partial charge in [-0.15, -0.1) is 0 Å². The summed E-state index contributed by atoms with van der Waals surface area (Å²) in [5.41, 5.74) is -0.00933. The normalized spacial score (nSPS) is 9.95. The van der Waals surface area contributed by atoms with Gasteiger partial charge in [-0.1, -0.05) is 0 Å². The van der Waals surface area contributed by atoms with Crippen molar-refractivity contribution in [3.63, 3.8) is 0 Å². The first-order valence-electron chi connectivity index (χ1n) is 5.39. The summed E-state index contributed by atoms with van der Waals surface area (Å²) >= 11 is 0. The molecule has 0 atom stereocenters. The number of hydrogen-bond donors (Lipinski definition) is 1. The molecular formula is C13H11NO5. The van der Waals surface area contributed by atoms with Crippen LogP contribution in [-0.4, -0.2) is 17.1 Å². The van der Waals surface area contributed by atoms with Crippen LogP contribution in [0.15, 0.2) is 42.5 Å². The van der Waals surface area contributed by atoms with E-state index in [0.717, 1.165) is 0 Å². The number of phenols is 1. The van der Waals surface area contributed by atoms with Crippen LogP contribution in [0, 0.1) is 10.1 Å². The average molecular weight is 261 g/mol. The SMILES string of the molecule is COc1ccc(Oc2ccc([N+](=O)[O-])cc2)cc1O. The Morgan fingerprint density at radius 3 is 2.26 bits per heavy atom. The molecule has 98 valence electrons. The van der Waals surface area contributed by atoms with Gasteiger partial charge in [0.15, 0.2) is 11.5 Å². The molecule has 0 amide bonds. The number of ether oxygens (including phenoxy) is 2. The molecule has 6 heteroatoms. The third-order valence-electron chi connectivity index (χ3n) is 2.43. The Hall–Kier alpha value is -2.76. The fourth-order valence-electron chi connectivity index (χ4n) is 1.51. The second-order valence-electron chi connectivity index (χ2n) is 3.69. The number of nitro groups is 1. The number of benzene rings is 2. The maximum Gasteiger partial charge on any atom is 0.269 e. The zero-order valence-electron chi connectivity index (χ0n) is 10.1. The van der Waals surface area contributed by atoms with Crippen LogP contribution < -0.4 is 9.47 Å². The largest absolute Gasteiger partial charge is 0.504 e. The van der Waals surface area contributed by atoms with Crippen molar-refractivity contribution < 1.29 is 19.5 Å². The van der Waals surface area contributed by atoms with Crippen molar-refractivity contribution in [2.45, 2.75) is 0 Å². The van der Waals surface area contributed by atoms with E-state index < -0.39 is 4.92 Å². The minimum atomic E-state index is -0.483. The molecule has 0 heterocycles. The number of methoxy groups -OCH3 is 1. The number of nitro benzene ring substituents is 1. The third kappa shape index (κ3) is 2.92. The summed E-state index contributed by atoms with van der Waals surface area (Å²) in [7, 11) is 1.45. The van der Waals surface area contributed by atoms with E-state index in [-0.39, 0.29) is 11.4 Å². The fraction of sp³-hybridized carbons (Fsp3) is 0.0769. The monoisotopic (exact) mass is 261 g/mol. The zero-order valence-corrected chi connectivity index (χ0v) is 10.1. The lowest BCUT2D eigenvalue weighted by molar-refractivity contribution is -0.384. The molecule has 0 radical (unpaired) electrons. The molecule has 0 aliphatic carbocycles. The van der Waals surface area contributed by atoms with Crippen LogP contribution in [0.2, 0.25) is 0 Å². The highest BCUT2D eigenvalue weighted by Crippen LogP contribution is 2.32. The van der Waals surface area contributed by atoms with Crippen LogP contribution in [0.1, 0.15) is 0 Å². The van der Waals surface area contributed by atoms with Crippen molar-refractivity contribution in [2.24, 2.45) is 0 Å². The molecule has 2 rings (SSSR count). The van der Waals surface area contributed by atoms with Gasteiger partial charge < -0.3 is 14.6 Å². The molecular weight excluding hydrogens is 250 g/mol. The maximum absolute atomic E-state index is 10.5. The number of phenolic OH excluding ortho intramolecular Hbond substituents is 1. The van der Waals surface area contributed by atoms with Gasteiger partial charge in [-0.2, -0.15) is 0 Å². The van der Waals surface area contributed by atoms with Crippen molar-refractivity contribution >= 4 is 5.69 Å². The molecule has 2 aromatic carbocycles. The van der Waals surface area contributed by atoms with Crippen LogP contribution in [0.3, 0.4) is 0 Å². The van der Waals surface area contributed by atoms with E-state index in [1.165, 1.54) is 37.4 Å². The van der Waals surface area contributed by atoms with Crippen LogP contribution >= 0.6 is 0 Å². The minimum absolute atomic E-state index is 0.00933. The Kier molecular flexibility index (Phi) is 3.51. The summed E-state index contributed by atoms with van der Waals surface area (Å²) in [6.07, 6.45) is 0. The van der Waals surface area contributed by atoms with Crippen LogP contribution in [-0.2, 0) is 0 Å². The van der Waals surface area contributed by atoms with Crippen molar-refractivity contribution in [3.8, 4) is 23.0 Å². The van der Waals surface area contributed by atoms with Gasteiger partial charge in [0.1, 0.15) is 11.5 Å². The van der Waals surface area contributed by atoms with Crippen LogP contribution in [0.5, 0.6) is 23.0 Å². The van der Waals surface area contributed by atoms with Crippen LogP contribution in [0.25, 0.3) is 0 Å². The maximum atomic E-state index is 10.5. The zero-order chi connectivity index (χ0) is 13.8. The van der Waals surface area contributed by atoms with E-state index in [2.05, 4.69) is 0 Å². The lowest BCUT2D eigenvalue weighted by Crippen LogP contribution is -1.89. The summed E-state index contributed by atoms with van der Waals surface area (Å²) in [4.78, 5) is 10.0. The minimum Gasteiger partial charge on any atom is -0.504 e. The summed E-state index contributed by atoms with van der Waals surface area (Å²) in [6.45, 7) is 0. The molecule has 0 aromatic heterocycles. The van der Waals surface area contributed by atoms with E-state index in [9.17, 15) is 15.2 Å². The van der Waals surface area contributed by atoms with Gasteiger partial charge in [0.05, 0.1) is 12.0 Å². The Labute approximate surface area is 109 Å². The summed E-state index contributed by atoms with van der Waals surface area (Å²) in [5, 5.41) is 20.1. The topological polar surface area (TPSA) is 81.8 Å². The summed E-state index contributed by atoms with van der Waals surface area (Å²) in [5.74, 6) is 1.15. The quantitative estimate of drug-likeness (QED) is 0.675. The lowest BCUT2D eigenvalue weighted by atomic mass is 10.3. The van der Waals surface area contributed by atoms with Gasteiger partial charge in [-0.25, -0.2) is 0 Å². The predicted octanol–water partition coefficient (Wildman–Crippen LogP) is 3.10. The van der Waals surface area contributed by atoms with E-state index >= 15 is 0 Å². The molecule has 0 aliphatic heterocycles. The number of hydrogen-bond acceptors (Lipinski definition) is 5. The first kappa shape index (κ1) is 12.7. The molecule has 0 aliphatic rings. The summed E-state index contributed by atoms with van der Waals surface area (Å²) < 4.78 is 10.4. The van der Waals surface area contributed by atoms with Crippen molar-refractivity contribution in [2.75, 3.05) is 7.11 Å². The molecule has 0 spiro atoms. The lowest BCUT2D eigenvalue weighted by Gasteiger charge is -2.08.